The Hall–Kier alpha value is -0.830. The lowest BCUT2D eigenvalue weighted by Gasteiger charge is -2.35. The second-order valence-corrected chi connectivity index (χ2v) is 8.62. The zero-order chi connectivity index (χ0) is 19.8. The van der Waals surface area contributed by atoms with E-state index < -0.39 is 0 Å². The number of aliphatic imine (C=N–C) groups is 1. The standard InChI is InChI=1S/C21H39N5O.HI/c1-16(2)15-26-12-10-18(11-13-26)23-21(22-14-20(27)25(4)5)24-19-9-7-6-8-17(19)3;/h17-19H,1,6-15H2,2-5H3,(H2,22,23,24);1H. The molecule has 0 radical (unpaired) electrons. The van der Waals surface area contributed by atoms with E-state index in [1.54, 1.807) is 19.0 Å². The Kier molecular flexibility index (Phi) is 11.4. The third-order valence-corrected chi connectivity index (χ3v) is 5.73. The first-order valence-electron chi connectivity index (χ1n) is 10.5. The molecule has 1 saturated carbocycles. The predicted molar refractivity (Wildman–Crippen MR) is 128 cm³/mol. The third-order valence-electron chi connectivity index (χ3n) is 5.73. The second kappa shape index (κ2) is 12.7. The lowest BCUT2D eigenvalue weighted by molar-refractivity contribution is -0.127. The van der Waals surface area contributed by atoms with Gasteiger partial charge in [-0.2, -0.15) is 0 Å². The molecule has 7 heteroatoms. The predicted octanol–water partition coefficient (Wildman–Crippen LogP) is 2.85. The van der Waals surface area contributed by atoms with E-state index in [2.05, 4.69) is 41.0 Å². The lowest BCUT2D eigenvalue weighted by Crippen LogP contribution is -2.52. The van der Waals surface area contributed by atoms with Crippen LogP contribution in [-0.4, -0.2) is 74.0 Å². The second-order valence-electron chi connectivity index (χ2n) is 8.62. The van der Waals surface area contributed by atoms with Gasteiger partial charge in [-0.25, -0.2) is 4.99 Å². The maximum Gasteiger partial charge on any atom is 0.243 e. The number of likely N-dealkylation sites (N-methyl/N-ethyl adjacent to an activating group) is 1. The molecule has 2 fully saturated rings. The highest BCUT2D eigenvalue weighted by Gasteiger charge is 2.24. The number of nitrogens with one attached hydrogen (secondary N) is 2. The van der Waals surface area contributed by atoms with Crippen LogP contribution in [0.2, 0.25) is 0 Å². The van der Waals surface area contributed by atoms with Crippen LogP contribution in [0.3, 0.4) is 0 Å². The number of hydrogen-bond acceptors (Lipinski definition) is 3. The number of nitrogens with zero attached hydrogens (tertiary/aromatic N) is 3. The average Bonchev–Trinajstić information content (AvgIpc) is 2.62. The Morgan fingerprint density at radius 1 is 1.14 bits per heavy atom. The van der Waals surface area contributed by atoms with Crippen molar-refractivity contribution >= 4 is 35.8 Å². The number of rotatable bonds is 6. The Morgan fingerprint density at radius 2 is 1.79 bits per heavy atom. The van der Waals surface area contributed by atoms with Gasteiger partial charge in [0.1, 0.15) is 6.54 Å². The van der Waals surface area contributed by atoms with Gasteiger partial charge in [-0.15, -0.1) is 24.0 Å². The normalized spacial score (nSPS) is 24.2. The van der Waals surface area contributed by atoms with E-state index >= 15 is 0 Å². The fraction of sp³-hybridized carbons (Fsp3) is 0.810. The number of hydrogen-bond donors (Lipinski definition) is 2. The van der Waals surface area contributed by atoms with Crippen LogP contribution in [-0.2, 0) is 4.79 Å². The molecule has 2 atom stereocenters. The van der Waals surface area contributed by atoms with Crippen molar-refractivity contribution in [3.63, 3.8) is 0 Å². The number of amides is 1. The summed E-state index contributed by atoms with van der Waals surface area (Å²) in [4.78, 5) is 20.7. The highest BCUT2D eigenvalue weighted by Crippen LogP contribution is 2.23. The Balaban J connectivity index is 0.00000392. The van der Waals surface area contributed by atoms with Crippen LogP contribution < -0.4 is 10.6 Å². The smallest absolute Gasteiger partial charge is 0.243 e. The summed E-state index contributed by atoms with van der Waals surface area (Å²) in [6.07, 6.45) is 7.22. The highest BCUT2D eigenvalue weighted by atomic mass is 127. The molecule has 0 spiro atoms. The molecule has 1 amide bonds. The molecule has 0 aromatic rings. The number of likely N-dealkylation sites (tertiary alicyclic amines) is 1. The Bertz CT molecular complexity index is 529. The third kappa shape index (κ3) is 8.68. The van der Waals surface area contributed by atoms with Gasteiger partial charge in [-0.05, 0) is 38.5 Å². The van der Waals surface area contributed by atoms with Crippen LogP contribution in [0.4, 0.5) is 0 Å². The molecule has 0 bridgehead atoms. The van der Waals surface area contributed by atoms with Gasteiger partial charge in [0.2, 0.25) is 5.91 Å². The first-order valence-corrected chi connectivity index (χ1v) is 10.5. The molecule has 1 heterocycles. The summed E-state index contributed by atoms with van der Waals surface area (Å²) in [5.41, 5.74) is 1.22. The molecule has 2 N–H and O–H groups in total. The topological polar surface area (TPSA) is 60.0 Å². The summed E-state index contributed by atoms with van der Waals surface area (Å²) in [7, 11) is 3.55. The number of carbonyl (C=O) groups excluding carboxylic acids is 1. The summed E-state index contributed by atoms with van der Waals surface area (Å²) < 4.78 is 0. The SMILES string of the molecule is C=C(C)CN1CCC(NC(=NCC(=O)N(C)C)NC2CCCCC2C)CC1.I. The van der Waals surface area contributed by atoms with Crippen LogP contribution in [0, 0.1) is 5.92 Å². The van der Waals surface area contributed by atoms with E-state index in [1.165, 1.54) is 31.3 Å². The van der Waals surface area contributed by atoms with Gasteiger partial charge in [0, 0.05) is 45.8 Å². The van der Waals surface area contributed by atoms with E-state index in [1.807, 2.05) is 0 Å². The van der Waals surface area contributed by atoms with Gasteiger partial charge < -0.3 is 15.5 Å². The van der Waals surface area contributed by atoms with Crippen molar-refractivity contribution in [2.75, 3.05) is 40.3 Å². The minimum atomic E-state index is 0. The van der Waals surface area contributed by atoms with Crippen molar-refractivity contribution in [2.24, 2.45) is 10.9 Å². The zero-order valence-corrected chi connectivity index (χ0v) is 20.5. The van der Waals surface area contributed by atoms with E-state index in [0.29, 0.717) is 18.0 Å². The molecule has 2 aliphatic rings. The van der Waals surface area contributed by atoms with E-state index in [4.69, 9.17) is 0 Å². The van der Waals surface area contributed by atoms with Crippen LogP contribution in [0.15, 0.2) is 17.1 Å². The molecule has 1 aliphatic heterocycles. The molecule has 6 nitrogen and oxygen atoms in total. The molecule has 2 unspecified atom stereocenters. The summed E-state index contributed by atoms with van der Waals surface area (Å²) in [5.74, 6) is 1.49. The van der Waals surface area contributed by atoms with E-state index in [9.17, 15) is 4.79 Å². The molecular weight excluding hydrogens is 465 g/mol. The average molecular weight is 505 g/mol. The number of guanidine groups is 1. The van der Waals surface area contributed by atoms with Gasteiger partial charge in [-0.1, -0.05) is 31.9 Å². The Labute approximate surface area is 188 Å². The van der Waals surface area contributed by atoms with Gasteiger partial charge in [0.15, 0.2) is 5.96 Å². The molecule has 2 rings (SSSR count). The summed E-state index contributed by atoms with van der Waals surface area (Å²) >= 11 is 0. The fourth-order valence-electron chi connectivity index (χ4n) is 3.94. The molecule has 0 aromatic carbocycles. The molecule has 0 aromatic heterocycles. The molecule has 1 saturated heterocycles. The van der Waals surface area contributed by atoms with Gasteiger partial charge in [0.05, 0.1) is 0 Å². The molecule has 1 aliphatic carbocycles. The minimum absolute atomic E-state index is 0. The van der Waals surface area contributed by atoms with Crippen molar-refractivity contribution in [2.45, 2.75) is 64.5 Å². The quantitative estimate of drug-likeness (QED) is 0.252. The fourth-order valence-corrected chi connectivity index (χ4v) is 3.94. The van der Waals surface area contributed by atoms with Gasteiger partial charge >= 0.3 is 0 Å². The first-order chi connectivity index (χ1) is 12.8. The molecular formula is C21H40IN5O. The monoisotopic (exact) mass is 505 g/mol. The minimum Gasteiger partial charge on any atom is -0.354 e. The van der Waals surface area contributed by atoms with Crippen molar-refractivity contribution in [1.82, 2.24) is 20.4 Å². The van der Waals surface area contributed by atoms with Crippen LogP contribution in [0.25, 0.3) is 0 Å². The van der Waals surface area contributed by atoms with Crippen molar-refractivity contribution < 1.29 is 4.79 Å². The summed E-state index contributed by atoms with van der Waals surface area (Å²) in [5, 5.41) is 7.24. The van der Waals surface area contributed by atoms with Crippen LogP contribution in [0.5, 0.6) is 0 Å². The number of carbonyl (C=O) groups is 1. The van der Waals surface area contributed by atoms with E-state index in [-0.39, 0.29) is 36.4 Å². The van der Waals surface area contributed by atoms with Crippen molar-refractivity contribution in [1.29, 1.82) is 0 Å². The lowest BCUT2D eigenvalue weighted by atomic mass is 9.86. The highest BCUT2D eigenvalue weighted by molar-refractivity contribution is 14.0. The number of piperidine rings is 1. The van der Waals surface area contributed by atoms with Crippen LogP contribution in [0.1, 0.15) is 52.4 Å². The maximum atomic E-state index is 12.0. The summed E-state index contributed by atoms with van der Waals surface area (Å²) in [6, 6.07) is 0.855. The number of halogens is 1. The maximum absolute atomic E-state index is 12.0. The Morgan fingerprint density at radius 3 is 2.36 bits per heavy atom. The van der Waals surface area contributed by atoms with Crippen molar-refractivity contribution in [3.05, 3.63) is 12.2 Å². The zero-order valence-electron chi connectivity index (χ0n) is 18.2. The van der Waals surface area contributed by atoms with Gasteiger partial charge in [0.25, 0.3) is 0 Å². The van der Waals surface area contributed by atoms with Crippen molar-refractivity contribution in [3.8, 4) is 0 Å². The largest absolute Gasteiger partial charge is 0.354 e. The van der Waals surface area contributed by atoms with Crippen LogP contribution >= 0.6 is 24.0 Å². The molecule has 28 heavy (non-hydrogen) atoms. The first kappa shape index (κ1) is 25.2. The van der Waals surface area contributed by atoms with Gasteiger partial charge in [-0.3, -0.25) is 9.69 Å². The molecule has 162 valence electrons. The van der Waals surface area contributed by atoms with E-state index in [0.717, 1.165) is 38.4 Å². The summed E-state index contributed by atoms with van der Waals surface area (Å²) in [6.45, 7) is 11.8.